The van der Waals surface area contributed by atoms with Gasteiger partial charge >= 0.3 is 0 Å². The normalized spacial score (nSPS) is 20.3. The second-order valence-corrected chi connectivity index (χ2v) is 10.5. The molecular weight excluding hydrogens is 525 g/mol. The molecule has 0 aromatic rings. The number of thioether (sulfide) groups is 1. The Balaban J connectivity index is 0.00000420. The van der Waals surface area contributed by atoms with Gasteiger partial charge in [-0.3, -0.25) is 4.99 Å². The summed E-state index contributed by atoms with van der Waals surface area (Å²) in [6.07, 6.45) is 3.21. The van der Waals surface area contributed by atoms with Gasteiger partial charge in [0.2, 0.25) is 10.0 Å². The Morgan fingerprint density at radius 3 is 2.52 bits per heavy atom. The third-order valence-corrected chi connectivity index (χ3v) is 7.87. The van der Waals surface area contributed by atoms with Crippen molar-refractivity contribution in [3.05, 3.63) is 0 Å². The average Bonchev–Trinajstić information content (AvgIpc) is 2.70. The number of methoxy groups -OCH3 is 1. The predicted molar refractivity (Wildman–Crippen MR) is 133 cm³/mol. The van der Waals surface area contributed by atoms with E-state index in [1.165, 1.54) is 0 Å². The van der Waals surface area contributed by atoms with Crippen LogP contribution in [0.3, 0.4) is 0 Å². The third-order valence-electron chi connectivity index (χ3n) is 5.08. The molecule has 2 saturated heterocycles. The van der Waals surface area contributed by atoms with Gasteiger partial charge < -0.3 is 20.3 Å². The summed E-state index contributed by atoms with van der Waals surface area (Å²) < 4.78 is 31.6. The summed E-state index contributed by atoms with van der Waals surface area (Å²) in [5.74, 6) is 2.57. The maximum absolute atomic E-state index is 12.5. The van der Waals surface area contributed by atoms with Gasteiger partial charge in [-0.2, -0.15) is 11.8 Å². The number of rotatable bonds is 10. The summed E-state index contributed by atoms with van der Waals surface area (Å²) in [5.41, 5.74) is 0. The van der Waals surface area contributed by atoms with Crippen molar-refractivity contribution >= 4 is 51.7 Å². The Morgan fingerprint density at radius 1 is 1.21 bits per heavy atom. The van der Waals surface area contributed by atoms with Crippen molar-refractivity contribution in [3.8, 4) is 0 Å². The molecule has 29 heavy (non-hydrogen) atoms. The van der Waals surface area contributed by atoms with E-state index in [4.69, 9.17) is 4.74 Å². The number of hydrogen-bond acceptors (Lipinski definition) is 6. The molecule has 0 aromatic heterocycles. The molecule has 0 unspecified atom stereocenters. The van der Waals surface area contributed by atoms with Crippen molar-refractivity contribution in [2.45, 2.75) is 32.2 Å². The third kappa shape index (κ3) is 10.4. The molecule has 0 aromatic carbocycles. The summed E-state index contributed by atoms with van der Waals surface area (Å²) in [6.45, 7) is 8.36. The lowest BCUT2D eigenvalue weighted by molar-refractivity contribution is 0.155. The van der Waals surface area contributed by atoms with Crippen LogP contribution in [0.2, 0.25) is 0 Å². The van der Waals surface area contributed by atoms with Gasteiger partial charge in [-0.05, 0) is 26.2 Å². The molecule has 2 aliphatic heterocycles. The minimum atomic E-state index is -3.20. The number of nitrogens with zero attached hydrogens (tertiary/aromatic N) is 3. The zero-order chi connectivity index (χ0) is 20.2. The van der Waals surface area contributed by atoms with Gasteiger partial charge in [-0.15, -0.1) is 24.0 Å². The van der Waals surface area contributed by atoms with Crippen LogP contribution in [0.1, 0.15) is 26.2 Å². The number of hydrogen-bond donors (Lipinski definition) is 2. The molecule has 2 rings (SSSR count). The van der Waals surface area contributed by atoms with E-state index < -0.39 is 10.0 Å². The fourth-order valence-electron chi connectivity index (χ4n) is 3.47. The first-order chi connectivity index (χ1) is 13.5. The molecule has 0 amide bonds. The van der Waals surface area contributed by atoms with Gasteiger partial charge in [0.15, 0.2) is 5.96 Å². The van der Waals surface area contributed by atoms with E-state index in [0.717, 1.165) is 69.5 Å². The van der Waals surface area contributed by atoms with E-state index in [-0.39, 0.29) is 36.3 Å². The number of ether oxygens (including phenoxy) is 1. The Hall–Kier alpha value is 0.180. The highest BCUT2D eigenvalue weighted by Crippen LogP contribution is 2.13. The van der Waals surface area contributed by atoms with Crippen LogP contribution >= 0.6 is 35.7 Å². The summed E-state index contributed by atoms with van der Waals surface area (Å²) in [6, 6.07) is 0.382. The highest BCUT2D eigenvalue weighted by Gasteiger charge is 2.24. The zero-order valence-corrected chi connectivity index (χ0v) is 21.7. The number of halogens is 1. The molecule has 0 atom stereocenters. The first-order valence-corrected chi connectivity index (χ1v) is 13.1. The van der Waals surface area contributed by atoms with Gasteiger partial charge in [-0.25, -0.2) is 12.7 Å². The van der Waals surface area contributed by atoms with Crippen LogP contribution in [-0.2, 0) is 14.8 Å². The van der Waals surface area contributed by atoms with E-state index in [1.54, 1.807) is 11.4 Å². The van der Waals surface area contributed by atoms with Gasteiger partial charge in [0, 0.05) is 70.5 Å². The summed E-state index contributed by atoms with van der Waals surface area (Å²) in [5, 5.41) is 6.73. The van der Waals surface area contributed by atoms with Crippen molar-refractivity contribution in [1.29, 1.82) is 0 Å². The molecule has 8 nitrogen and oxygen atoms in total. The van der Waals surface area contributed by atoms with Gasteiger partial charge in [-0.1, -0.05) is 0 Å². The molecule has 0 bridgehead atoms. The molecule has 0 radical (unpaired) electrons. The monoisotopic (exact) mass is 563 g/mol. The maximum atomic E-state index is 12.5. The second-order valence-electron chi connectivity index (χ2n) is 7.19. The number of guanidine groups is 1. The molecule has 172 valence electrons. The molecule has 2 heterocycles. The number of piperidine rings is 1. The largest absolute Gasteiger partial charge is 0.385 e. The van der Waals surface area contributed by atoms with Crippen molar-refractivity contribution in [1.82, 2.24) is 19.8 Å². The van der Waals surface area contributed by atoms with Crippen LogP contribution in [0, 0.1) is 0 Å². The standard InChI is InChI=1S/C18H37N5O3S2.HI/c1-3-19-18(20-7-16-28(24,25)23-11-14-27-15-12-23)21-17-5-9-22(10-6-17)8-4-13-26-2;/h17H,3-16H2,1-2H3,(H2,19,20,21);1H. The van der Waals surface area contributed by atoms with Crippen molar-refractivity contribution in [2.24, 2.45) is 4.99 Å². The van der Waals surface area contributed by atoms with Crippen LogP contribution in [-0.4, -0.2) is 106 Å². The minimum Gasteiger partial charge on any atom is -0.385 e. The summed E-state index contributed by atoms with van der Waals surface area (Å²) in [7, 11) is -1.46. The average molecular weight is 564 g/mol. The molecule has 2 N–H and O–H groups in total. The fourth-order valence-corrected chi connectivity index (χ4v) is 5.93. The highest BCUT2D eigenvalue weighted by atomic mass is 127. The number of nitrogens with one attached hydrogen (secondary N) is 2. The van der Waals surface area contributed by atoms with Gasteiger partial charge in [0.25, 0.3) is 0 Å². The van der Waals surface area contributed by atoms with E-state index in [0.29, 0.717) is 19.1 Å². The predicted octanol–water partition coefficient (Wildman–Crippen LogP) is 1.04. The Labute approximate surface area is 198 Å². The Morgan fingerprint density at radius 2 is 1.90 bits per heavy atom. The molecule has 11 heteroatoms. The lowest BCUT2D eigenvalue weighted by Gasteiger charge is -2.33. The van der Waals surface area contributed by atoms with Crippen LogP contribution in [0.4, 0.5) is 0 Å². The summed E-state index contributed by atoms with van der Waals surface area (Å²) in [4.78, 5) is 7.00. The molecule has 0 spiro atoms. The van der Waals surface area contributed by atoms with Gasteiger partial charge in [0.1, 0.15) is 0 Å². The number of aliphatic imine (C=N–C) groups is 1. The smallest absolute Gasteiger partial charge is 0.215 e. The lowest BCUT2D eigenvalue weighted by atomic mass is 10.1. The fraction of sp³-hybridized carbons (Fsp3) is 0.944. The highest BCUT2D eigenvalue weighted by molar-refractivity contribution is 14.0. The molecule has 2 fully saturated rings. The maximum Gasteiger partial charge on any atom is 0.215 e. The quantitative estimate of drug-likeness (QED) is 0.178. The van der Waals surface area contributed by atoms with E-state index >= 15 is 0 Å². The molecular formula is C18H38IN5O3S2. The lowest BCUT2D eigenvalue weighted by Crippen LogP contribution is -2.49. The van der Waals surface area contributed by atoms with Crippen LogP contribution in [0.15, 0.2) is 4.99 Å². The number of sulfonamides is 1. The van der Waals surface area contributed by atoms with E-state index in [9.17, 15) is 8.42 Å². The Bertz CT molecular complexity index is 566. The second kappa shape index (κ2) is 15.1. The SMILES string of the molecule is CCNC(=NCCS(=O)(=O)N1CCSCC1)NC1CCN(CCCOC)CC1.I. The number of likely N-dealkylation sites (tertiary alicyclic amines) is 1. The molecule has 0 saturated carbocycles. The molecule has 0 aliphatic carbocycles. The summed E-state index contributed by atoms with van der Waals surface area (Å²) >= 11 is 1.81. The van der Waals surface area contributed by atoms with E-state index in [1.807, 2.05) is 18.7 Å². The minimum absolute atomic E-state index is 0. The van der Waals surface area contributed by atoms with Crippen LogP contribution in [0.5, 0.6) is 0 Å². The first-order valence-electron chi connectivity index (χ1n) is 10.4. The molecule has 2 aliphatic rings. The topological polar surface area (TPSA) is 86.3 Å². The zero-order valence-electron chi connectivity index (χ0n) is 17.8. The van der Waals surface area contributed by atoms with Crippen molar-refractivity contribution in [3.63, 3.8) is 0 Å². The van der Waals surface area contributed by atoms with E-state index in [2.05, 4.69) is 20.5 Å². The van der Waals surface area contributed by atoms with Crippen molar-refractivity contribution in [2.75, 3.05) is 76.8 Å². The van der Waals surface area contributed by atoms with Crippen molar-refractivity contribution < 1.29 is 13.2 Å². The van der Waals surface area contributed by atoms with Gasteiger partial charge in [0.05, 0.1) is 12.3 Å². The van der Waals surface area contributed by atoms with Crippen LogP contribution < -0.4 is 10.6 Å². The Kier molecular flexibility index (Phi) is 14.1. The van der Waals surface area contributed by atoms with Crippen LogP contribution in [0.25, 0.3) is 0 Å². The first kappa shape index (κ1) is 27.2.